The summed E-state index contributed by atoms with van der Waals surface area (Å²) in [5.41, 5.74) is 1.11. The zero-order valence-corrected chi connectivity index (χ0v) is 10.7. The van der Waals surface area contributed by atoms with Gasteiger partial charge in [0.2, 0.25) is 0 Å². The summed E-state index contributed by atoms with van der Waals surface area (Å²) in [6.45, 7) is 7.01. The first-order valence-electron chi connectivity index (χ1n) is 5.47. The van der Waals surface area contributed by atoms with Crippen LogP contribution < -0.4 is 5.32 Å². The highest BCUT2D eigenvalue weighted by Crippen LogP contribution is 2.26. The van der Waals surface area contributed by atoms with Crippen LogP contribution in [0.4, 0.5) is 0 Å². The van der Waals surface area contributed by atoms with Crippen LogP contribution in [-0.2, 0) is 4.74 Å². The molecule has 0 saturated heterocycles. The minimum absolute atomic E-state index is 0.165. The molecule has 2 unspecified atom stereocenters. The summed E-state index contributed by atoms with van der Waals surface area (Å²) in [6.07, 6.45) is 1.15. The average Bonchev–Trinajstić information content (AvgIpc) is 2.73. The van der Waals surface area contributed by atoms with Crippen LogP contribution in [0.1, 0.15) is 50.0 Å². The number of nitrogens with one attached hydrogen (secondary N) is 1. The second-order valence-corrected chi connectivity index (χ2v) is 4.36. The van der Waals surface area contributed by atoms with Crippen molar-refractivity contribution in [2.75, 3.05) is 13.7 Å². The predicted molar refractivity (Wildman–Crippen MR) is 64.2 cm³/mol. The van der Waals surface area contributed by atoms with Gasteiger partial charge in [-0.15, -0.1) is 11.3 Å². The largest absolute Gasteiger partial charge is 0.371 e. The Labute approximate surface area is 95.9 Å². The van der Waals surface area contributed by atoms with E-state index in [1.54, 1.807) is 11.3 Å². The number of ether oxygens (including phenoxy) is 1. The number of thiazole rings is 1. The van der Waals surface area contributed by atoms with Crippen LogP contribution in [0.5, 0.6) is 0 Å². The van der Waals surface area contributed by atoms with Crippen LogP contribution in [0.3, 0.4) is 0 Å². The molecule has 0 bridgehead atoms. The van der Waals surface area contributed by atoms with Gasteiger partial charge in [-0.3, -0.25) is 0 Å². The van der Waals surface area contributed by atoms with Gasteiger partial charge in [-0.1, -0.05) is 6.92 Å². The number of hydrogen-bond donors (Lipinski definition) is 1. The van der Waals surface area contributed by atoms with Crippen molar-refractivity contribution in [1.29, 1.82) is 0 Å². The summed E-state index contributed by atoms with van der Waals surface area (Å²) in [5, 5.41) is 6.39. The monoisotopic (exact) mass is 228 g/mol. The molecule has 1 N–H and O–H groups in total. The van der Waals surface area contributed by atoms with E-state index in [0.29, 0.717) is 6.04 Å². The normalized spacial score (nSPS) is 15.2. The van der Waals surface area contributed by atoms with Crippen LogP contribution in [0.25, 0.3) is 0 Å². The van der Waals surface area contributed by atoms with E-state index >= 15 is 0 Å². The molecule has 0 aromatic carbocycles. The molecule has 0 amide bonds. The van der Waals surface area contributed by atoms with Crippen LogP contribution in [0, 0.1) is 0 Å². The minimum Gasteiger partial charge on any atom is -0.371 e. The third kappa shape index (κ3) is 3.26. The molecule has 0 aliphatic carbocycles. The molecule has 1 aromatic rings. The van der Waals surface area contributed by atoms with Crippen molar-refractivity contribution in [3.8, 4) is 0 Å². The highest BCUT2D eigenvalue weighted by molar-refractivity contribution is 7.09. The molecule has 0 saturated carbocycles. The maximum atomic E-state index is 5.63. The van der Waals surface area contributed by atoms with Gasteiger partial charge in [-0.2, -0.15) is 0 Å². The Balaban J connectivity index is 2.72. The molecule has 2 atom stereocenters. The van der Waals surface area contributed by atoms with Crippen molar-refractivity contribution in [2.45, 2.75) is 39.3 Å². The minimum atomic E-state index is 0.165. The van der Waals surface area contributed by atoms with Gasteiger partial charge in [0.1, 0.15) is 11.1 Å². The molecular formula is C11H20N2OS. The van der Waals surface area contributed by atoms with Crippen LogP contribution in [0.15, 0.2) is 5.38 Å². The van der Waals surface area contributed by atoms with Gasteiger partial charge in [0.25, 0.3) is 0 Å². The number of hydrogen-bond acceptors (Lipinski definition) is 4. The van der Waals surface area contributed by atoms with E-state index in [1.807, 2.05) is 14.0 Å². The Kier molecular flexibility index (Phi) is 5.22. The molecule has 0 spiro atoms. The van der Waals surface area contributed by atoms with Crippen molar-refractivity contribution in [1.82, 2.24) is 10.3 Å². The first kappa shape index (κ1) is 12.6. The molecule has 0 aliphatic rings. The smallest absolute Gasteiger partial charge is 0.122 e. The summed E-state index contributed by atoms with van der Waals surface area (Å²) in [5.74, 6) is 0. The fraction of sp³-hybridized carbons (Fsp3) is 0.727. The Bertz CT molecular complexity index is 288. The fourth-order valence-corrected chi connectivity index (χ4v) is 2.40. The Morgan fingerprint density at radius 3 is 2.80 bits per heavy atom. The third-order valence-corrected chi connectivity index (χ3v) is 3.39. The molecule has 1 aromatic heterocycles. The van der Waals surface area contributed by atoms with Crippen molar-refractivity contribution >= 4 is 11.3 Å². The molecule has 0 radical (unpaired) electrons. The van der Waals surface area contributed by atoms with Crippen LogP contribution >= 0.6 is 11.3 Å². The van der Waals surface area contributed by atoms with Crippen LogP contribution in [0.2, 0.25) is 0 Å². The maximum absolute atomic E-state index is 5.63. The average molecular weight is 228 g/mol. The molecule has 15 heavy (non-hydrogen) atoms. The van der Waals surface area contributed by atoms with E-state index in [9.17, 15) is 0 Å². The quantitative estimate of drug-likeness (QED) is 0.813. The molecular weight excluding hydrogens is 208 g/mol. The van der Waals surface area contributed by atoms with E-state index in [-0.39, 0.29) is 6.10 Å². The first-order chi connectivity index (χ1) is 7.22. The number of rotatable bonds is 6. The Morgan fingerprint density at radius 1 is 1.53 bits per heavy atom. The SMILES string of the molecule is CCOC(CC)c1nc(C(C)NC)cs1. The van der Waals surface area contributed by atoms with Gasteiger partial charge in [-0.25, -0.2) is 4.98 Å². The van der Waals surface area contributed by atoms with Gasteiger partial charge in [0.05, 0.1) is 5.69 Å². The highest BCUT2D eigenvalue weighted by atomic mass is 32.1. The van der Waals surface area contributed by atoms with E-state index in [4.69, 9.17) is 4.74 Å². The van der Waals surface area contributed by atoms with E-state index < -0.39 is 0 Å². The zero-order valence-electron chi connectivity index (χ0n) is 9.91. The van der Waals surface area contributed by atoms with Gasteiger partial charge in [0, 0.05) is 18.0 Å². The van der Waals surface area contributed by atoms with Gasteiger partial charge in [0.15, 0.2) is 0 Å². The van der Waals surface area contributed by atoms with Crippen molar-refractivity contribution < 1.29 is 4.74 Å². The van der Waals surface area contributed by atoms with Crippen molar-refractivity contribution in [3.05, 3.63) is 16.1 Å². The Morgan fingerprint density at radius 2 is 2.27 bits per heavy atom. The first-order valence-corrected chi connectivity index (χ1v) is 6.35. The van der Waals surface area contributed by atoms with Crippen LogP contribution in [-0.4, -0.2) is 18.6 Å². The molecule has 1 rings (SSSR count). The lowest BCUT2D eigenvalue weighted by Crippen LogP contribution is -2.13. The molecule has 4 heteroatoms. The molecule has 3 nitrogen and oxygen atoms in total. The van der Waals surface area contributed by atoms with Crippen molar-refractivity contribution in [2.24, 2.45) is 0 Å². The third-order valence-electron chi connectivity index (χ3n) is 2.43. The molecule has 1 heterocycles. The lowest BCUT2D eigenvalue weighted by Gasteiger charge is -2.11. The van der Waals surface area contributed by atoms with Gasteiger partial charge < -0.3 is 10.1 Å². The topological polar surface area (TPSA) is 34.1 Å². The van der Waals surface area contributed by atoms with Crippen molar-refractivity contribution in [3.63, 3.8) is 0 Å². The van der Waals surface area contributed by atoms with Gasteiger partial charge in [-0.05, 0) is 27.3 Å². The second-order valence-electron chi connectivity index (χ2n) is 3.47. The van der Waals surface area contributed by atoms with Gasteiger partial charge >= 0.3 is 0 Å². The van der Waals surface area contributed by atoms with E-state index in [1.165, 1.54) is 0 Å². The lowest BCUT2D eigenvalue weighted by atomic mass is 10.2. The lowest BCUT2D eigenvalue weighted by molar-refractivity contribution is 0.0595. The summed E-state index contributed by atoms with van der Waals surface area (Å²) in [4.78, 5) is 4.60. The maximum Gasteiger partial charge on any atom is 0.122 e. The summed E-state index contributed by atoms with van der Waals surface area (Å²) in [6, 6.07) is 0.314. The summed E-state index contributed by atoms with van der Waals surface area (Å²) < 4.78 is 5.63. The standard InChI is InChI=1S/C11H20N2OS/c1-5-10(14-6-2)11-13-9(7-15-11)8(3)12-4/h7-8,10,12H,5-6H2,1-4H3. The number of aromatic nitrogens is 1. The van der Waals surface area contributed by atoms with E-state index in [2.05, 4.69) is 29.5 Å². The Hall–Kier alpha value is -0.450. The van der Waals surface area contributed by atoms with E-state index in [0.717, 1.165) is 23.7 Å². The zero-order chi connectivity index (χ0) is 11.3. The summed E-state index contributed by atoms with van der Waals surface area (Å²) in [7, 11) is 1.95. The number of nitrogens with zero attached hydrogens (tertiary/aromatic N) is 1. The molecule has 86 valence electrons. The highest BCUT2D eigenvalue weighted by Gasteiger charge is 2.15. The predicted octanol–water partition coefficient (Wildman–Crippen LogP) is 2.91. The fourth-order valence-electron chi connectivity index (χ4n) is 1.36. The molecule has 0 fully saturated rings. The molecule has 0 aliphatic heterocycles. The summed E-state index contributed by atoms with van der Waals surface area (Å²) >= 11 is 1.69. The second kappa shape index (κ2) is 6.20.